The number of nitrogens with zero attached hydrogens (tertiary/aromatic N) is 3. The lowest BCUT2D eigenvalue weighted by Crippen LogP contribution is -2.04. The van der Waals surface area contributed by atoms with Crippen LogP contribution in [0.3, 0.4) is 0 Å². The fraction of sp³-hybridized carbons (Fsp3) is 0.160. The van der Waals surface area contributed by atoms with E-state index in [1.54, 1.807) is 18.3 Å². The number of hydrogen-bond acceptors (Lipinski definition) is 4. The smallest absolute Gasteiger partial charge is 0.165 e. The van der Waals surface area contributed by atoms with Gasteiger partial charge in [0.2, 0.25) is 0 Å². The summed E-state index contributed by atoms with van der Waals surface area (Å²) in [5.74, 6) is 1.25. The highest BCUT2D eigenvalue weighted by molar-refractivity contribution is 7.26. The fourth-order valence-electron chi connectivity index (χ4n) is 3.36. The third kappa shape index (κ3) is 3.19. The maximum Gasteiger partial charge on any atom is 0.165 e. The number of rotatable bonds is 3. The summed E-state index contributed by atoms with van der Waals surface area (Å²) in [5, 5.41) is 2.31. The predicted octanol–water partition coefficient (Wildman–Crippen LogP) is 7.01. The number of hydrogen-bond donors (Lipinski definition) is 0. The number of thiophene rings is 1. The van der Waals surface area contributed by atoms with Crippen molar-refractivity contribution in [2.24, 2.45) is 0 Å². The predicted molar refractivity (Wildman–Crippen MR) is 122 cm³/mol. The first-order valence-corrected chi connectivity index (χ1v) is 10.3. The zero-order valence-corrected chi connectivity index (χ0v) is 17.2. The van der Waals surface area contributed by atoms with Crippen molar-refractivity contribution in [1.29, 1.82) is 0 Å². The van der Waals surface area contributed by atoms with Crippen LogP contribution in [0.4, 0.5) is 0 Å². The van der Waals surface area contributed by atoms with Gasteiger partial charge in [0, 0.05) is 37.2 Å². The second-order valence-electron chi connectivity index (χ2n) is 7.28. The lowest BCUT2D eigenvalue weighted by Gasteiger charge is -2.10. The Balaban J connectivity index is 1.82. The molecule has 0 bridgehead atoms. The lowest BCUT2D eigenvalue weighted by molar-refractivity contribution is 0.766. The molecule has 4 heteroatoms. The van der Waals surface area contributed by atoms with Crippen molar-refractivity contribution in [3.05, 3.63) is 78.0 Å². The van der Waals surface area contributed by atoms with Gasteiger partial charge in [-0.2, -0.15) is 0 Å². The molecule has 0 fully saturated rings. The molecular formula is C25H21N3S. The quantitative estimate of drug-likeness (QED) is 0.328. The largest absolute Gasteiger partial charge is 0.213 e. The average Bonchev–Trinajstić information content (AvgIpc) is 3.20. The van der Waals surface area contributed by atoms with Crippen LogP contribution in [-0.4, -0.2) is 15.0 Å². The molecule has 0 saturated carbocycles. The van der Waals surface area contributed by atoms with Gasteiger partial charge in [-0.1, -0.05) is 67.9 Å². The third-order valence-electron chi connectivity index (χ3n) is 4.79. The molecule has 0 aliphatic rings. The van der Waals surface area contributed by atoms with Crippen molar-refractivity contribution in [2.45, 2.75) is 26.7 Å². The van der Waals surface area contributed by atoms with Crippen LogP contribution < -0.4 is 0 Å². The first-order chi connectivity index (χ1) is 15.8. The Morgan fingerprint density at radius 3 is 2.55 bits per heavy atom. The van der Waals surface area contributed by atoms with E-state index >= 15 is 0 Å². The van der Waals surface area contributed by atoms with Crippen molar-refractivity contribution in [3.63, 3.8) is 0 Å². The highest BCUT2D eigenvalue weighted by Gasteiger charge is 2.16. The molecule has 5 aromatic rings. The van der Waals surface area contributed by atoms with Gasteiger partial charge in [-0.05, 0) is 25.1 Å². The van der Waals surface area contributed by atoms with Crippen LogP contribution >= 0.6 is 11.3 Å². The van der Waals surface area contributed by atoms with Gasteiger partial charge in [0.1, 0.15) is 5.82 Å². The second-order valence-corrected chi connectivity index (χ2v) is 8.33. The molecule has 3 nitrogen and oxygen atoms in total. The highest BCUT2D eigenvalue weighted by Crippen LogP contribution is 2.39. The number of benzene rings is 3. The summed E-state index contributed by atoms with van der Waals surface area (Å²) in [7, 11) is 0. The molecule has 2 aromatic heterocycles. The minimum Gasteiger partial charge on any atom is -0.213 e. The molecule has 0 aliphatic heterocycles. The van der Waals surface area contributed by atoms with E-state index in [0.29, 0.717) is 17.2 Å². The Hall–Kier alpha value is -3.11. The van der Waals surface area contributed by atoms with Crippen LogP contribution in [-0.2, 0) is 0 Å². The topological polar surface area (TPSA) is 38.7 Å². The van der Waals surface area contributed by atoms with Crippen LogP contribution in [0.25, 0.3) is 42.9 Å². The molecule has 5 rings (SSSR count). The van der Waals surface area contributed by atoms with E-state index in [0.717, 1.165) is 15.6 Å². The monoisotopic (exact) mass is 399 g/mol. The van der Waals surface area contributed by atoms with Gasteiger partial charge >= 0.3 is 0 Å². The van der Waals surface area contributed by atoms with Crippen LogP contribution in [0.2, 0.25) is 0 Å². The van der Waals surface area contributed by atoms with E-state index in [9.17, 15) is 0 Å². The standard InChI is InChI=1S/C25H21N3S/c1-15(2)23-26-24(17-9-6-8-16(3)14-17)28-25(27-23)20-12-7-11-19-18-10-4-5-13-21(18)29-22(19)20/h4-15H,1-3H3/i6D,8D,9D,14D. The van der Waals surface area contributed by atoms with Gasteiger partial charge in [0.05, 0.1) is 5.48 Å². The molecule has 0 spiro atoms. The summed E-state index contributed by atoms with van der Waals surface area (Å²) >= 11 is 1.68. The summed E-state index contributed by atoms with van der Waals surface area (Å²) in [4.78, 5) is 14.0. The zero-order chi connectivity index (χ0) is 23.4. The lowest BCUT2D eigenvalue weighted by atomic mass is 10.1. The second kappa shape index (κ2) is 7.05. The Bertz CT molecular complexity index is 1530. The Morgan fingerprint density at radius 2 is 1.69 bits per heavy atom. The average molecular weight is 400 g/mol. The molecule has 0 amide bonds. The van der Waals surface area contributed by atoms with Crippen LogP contribution in [0, 0.1) is 6.92 Å². The number of aromatic nitrogens is 3. The van der Waals surface area contributed by atoms with E-state index in [1.807, 2.05) is 38.1 Å². The Morgan fingerprint density at radius 1 is 0.897 bits per heavy atom. The van der Waals surface area contributed by atoms with Gasteiger partial charge in [0.15, 0.2) is 11.6 Å². The number of fused-ring (bicyclic) bond motifs is 3. The van der Waals surface area contributed by atoms with E-state index in [4.69, 9.17) is 15.5 Å². The molecule has 0 N–H and O–H groups in total. The molecule has 2 heterocycles. The minimum atomic E-state index is -0.224. The van der Waals surface area contributed by atoms with E-state index < -0.39 is 0 Å². The van der Waals surface area contributed by atoms with E-state index in [2.05, 4.69) is 23.2 Å². The van der Waals surface area contributed by atoms with Gasteiger partial charge in [-0.25, -0.2) is 15.0 Å². The summed E-state index contributed by atoms with van der Waals surface area (Å²) in [6.07, 6.45) is 0. The van der Waals surface area contributed by atoms with Crippen molar-refractivity contribution in [3.8, 4) is 22.8 Å². The fourth-order valence-corrected chi connectivity index (χ4v) is 4.57. The van der Waals surface area contributed by atoms with Crippen LogP contribution in [0.1, 0.15) is 36.6 Å². The summed E-state index contributed by atoms with van der Waals surface area (Å²) in [6, 6.07) is 13.8. The molecule has 0 unspecified atom stereocenters. The van der Waals surface area contributed by atoms with Crippen molar-refractivity contribution >= 4 is 31.5 Å². The van der Waals surface area contributed by atoms with Crippen molar-refractivity contribution in [1.82, 2.24) is 15.0 Å². The Labute approximate surface area is 179 Å². The van der Waals surface area contributed by atoms with Crippen LogP contribution in [0.15, 0.2) is 66.6 Å². The van der Waals surface area contributed by atoms with E-state index in [1.165, 1.54) is 10.1 Å². The summed E-state index contributed by atoms with van der Waals surface area (Å²) in [5.41, 5.74) is 1.38. The molecule has 0 atom stereocenters. The maximum absolute atomic E-state index is 8.55. The Kier molecular flexibility index (Phi) is 3.39. The molecule has 29 heavy (non-hydrogen) atoms. The van der Waals surface area contributed by atoms with Gasteiger partial charge in [-0.3, -0.25) is 0 Å². The van der Waals surface area contributed by atoms with Gasteiger partial charge in [0.25, 0.3) is 0 Å². The summed E-state index contributed by atoms with van der Waals surface area (Å²) < 4.78 is 35.4. The molecular weight excluding hydrogens is 374 g/mol. The SMILES string of the molecule is [2H]c1c([2H])c(C)c([2H])c(-c2nc(-c3cccc4c3sc3ccccc34)nc(C(C)C)n2)c1[2H]. The van der Waals surface area contributed by atoms with Crippen molar-refractivity contribution in [2.75, 3.05) is 0 Å². The van der Waals surface area contributed by atoms with Gasteiger partial charge in [-0.15, -0.1) is 11.3 Å². The third-order valence-corrected chi connectivity index (χ3v) is 6.01. The molecule has 3 aromatic carbocycles. The van der Waals surface area contributed by atoms with E-state index in [-0.39, 0.29) is 41.5 Å². The zero-order valence-electron chi connectivity index (χ0n) is 20.4. The first kappa shape index (κ1) is 14.0. The molecule has 0 aliphatic carbocycles. The summed E-state index contributed by atoms with van der Waals surface area (Å²) in [6.45, 7) is 5.59. The normalized spacial score (nSPS) is 13.5. The highest BCUT2D eigenvalue weighted by atomic mass is 32.1. The minimum absolute atomic E-state index is 0.00231. The van der Waals surface area contributed by atoms with Crippen molar-refractivity contribution < 1.29 is 5.48 Å². The van der Waals surface area contributed by atoms with Gasteiger partial charge < -0.3 is 0 Å². The van der Waals surface area contributed by atoms with Crippen LogP contribution in [0.5, 0.6) is 0 Å². The first-order valence-electron chi connectivity index (χ1n) is 11.5. The molecule has 0 saturated heterocycles. The maximum atomic E-state index is 8.55. The molecule has 0 radical (unpaired) electrons. The molecule has 142 valence electrons.